The standard InChI is InChI=1S/C24H20ClN5O2/c1-31-20-11-6-16(13-21(20)32-2)14-29-15-19(27-28-29)24-23(17-7-9-18(25)10-8-17)26-22-5-3-4-12-30(22)24/h3-13,15H,14H2,1-2H3. The van der Waals surface area contributed by atoms with E-state index in [4.69, 9.17) is 26.1 Å². The number of halogens is 1. The Bertz CT molecular complexity index is 1390. The monoisotopic (exact) mass is 445 g/mol. The molecule has 0 amide bonds. The van der Waals surface area contributed by atoms with Crippen LogP contribution in [0.2, 0.25) is 5.02 Å². The average Bonchev–Trinajstić information content (AvgIpc) is 3.43. The van der Waals surface area contributed by atoms with Crippen LogP contribution in [0.5, 0.6) is 11.5 Å². The molecule has 7 nitrogen and oxygen atoms in total. The molecule has 2 aromatic carbocycles. The largest absolute Gasteiger partial charge is 0.493 e. The Hall–Kier alpha value is -3.84. The van der Waals surface area contributed by atoms with Crippen LogP contribution in [0.3, 0.4) is 0 Å². The lowest BCUT2D eigenvalue weighted by Gasteiger charge is -2.09. The van der Waals surface area contributed by atoms with Crippen LogP contribution in [0.4, 0.5) is 0 Å². The van der Waals surface area contributed by atoms with Gasteiger partial charge in [0.2, 0.25) is 0 Å². The molecule has 0 aliphatic rings. The number of benzene rings is 2. The van der Waals surface area contributed by atoms with Gasteiger partial charge < -0.3 is 9.47 Å². The van der Waals surface area contributed by atoms with E-state index in [-0.39, 0.29) is 0 Å². The van der Waals surface area contributed by atoms with Crippen molar-refractivity contribution in [3.05, 3.63) is 83.6 Å². The van der Waals surface area contributed by atoms with Crippen LogP contribution < -0.4 is 9.47 Å². The van der Waals surface area contributed by atoms with Crippen molar-refractivity contribution < 1.29 is 9.47 Å². The Morgan fingerprint density at radius 2 is 1.75 bits per heavy atom. The number of nitrogens with zero attached hydrogens (tertiary/aromatic N) is 5. The lowest BCUT2D eigenvalue weighted by Crippen LogP contribution is -2.01. The van der Waals surface area contributed by atoms with Gasteiger partial charge in [-0.3, -0.25) is 4.40 Å². The molecule has 0 saturated carbocycles. The lowest BCUT2D eigenvalue weighted by atomic mass is 10.1. The summed E-state index contributed by atoms with van der Waals surface area (Å²) in [5.41, 5.74) is 5.25. The quantitative estimate of drug-likeness (QED) is 0.369. The molecule has 5 aromatic rings. The number of imidazole rings is 1. The molecule has 8 heteroatoms. The lowest BCUT2D eigenvalue weighted by molar-refractivity contribution is 0.354. The van der Waals surface area contributed by atoms with E-state index in [0.717, 1.165) is 33.9 Å². The van der Waals surface area contributed by atoms with Crippen LogP contribution in [-0.4, -0.2) is 38.6 Å². The number of aromatic nitrogens is 5. The third-order valence-electron chi connectivity index (χ3n) is 5.22. The summed E-state index contributed by atoms with van der Waals surface area (Å²) in [6.07, 6.45) is 3.90. The van der Waals surface area contributed by atoms with Gasteiger partial charge in [0.15, 0.2) is 11.5 Å². The van der Waals surface area contributed by atoms with Crippen molar-refractivity contribution in [3.63, 3.8) is 0 Å². The minimum Gasteiger partial charge on any atom is -0.493 e. The van der Waals surface area contributed by atoms with E-state index in [1.165, 1.54) is 0 Å². The highest BCUT2D eigenvalue weighted by Gasteiger charge is 2.18. The van der Waals surface area contributed by atoms with Crippen molar-refractivity contribution in [2.45, 2.75) is 6.54 Å². The van der Waals surface area contributed by atoms with E-state index in [0.29, 0.717) is 23.1 Å². The minimum atomic E-state index is 0.542. The minimum absolute atomic E-state index is 0.542. The summed E-state index contributed by atoms with van der Waals surface area (Å²) < 4.78 is 14.5. The molecule has 0 bridgehead atoms. The summed E-state index contributed by atoms with van der Waals surface area (Å²) in [6.45, 7) is 0.542. The summed E-state index contributed by atoms with van der Waals surface area (Å²) in [7, 11) is 3.24. The van der Waals surface area contributed by atoms with Crippen molar-refractivity contribution in [2.24, 2.45) is 0 Å². The molecule has 160 valence electrons. The maximum Gasteiger partial charge on any atom is 0.161 e. The molecular formula is C24H20ClN5O2. The molecular weight excluding hydrogens is 426 g/mol. The summed E-state index contributed by atoms with van der Waals surface area (Å²) >= 11 is 6.09. The number of ether oxygens (including phenoxy) is 2. The van der Waals surface area contributed by atoms with Crippen molar-refractivity contribution >= 4 is 17.2 Å². The van der Waals surface area contributed by atoms with Gasteiger partial charge in [0, 0.05) is 16.8 Å². The van der Waals surface area contributed by atoms with Crippen molar-refractivity contribution in [3.8, 4) is 34.1 Å². The highest BCUT2D eigenvalue weighted by molar-refractivity contribution is 6.30. The molecule has 0 saturated heterocycles. The van der Waals surface area contributed by atoms with Crippen LogP contribution >= 0.6 is 11.6 Å². The second kappa shape index (κ2) is 8.36. The molecule has 0 unspecified atom stereocenters. The molecule has 0 N–H and O–H groups in total. The zero-order chi connectivity index (χ0) is 22.1. The fraction of sp³-hybridized carbons (Fsp3) is 0.125. The van der Waals surface area contributed by atoms with Crippen molar-refractivity contribution in [1.29, 1.82) is 0 Å². The SMILES string of the molecule is COc1ccc(Cn2cc(-c3c(-c4ccc(Cl)cc4)nc4ccccn34)nn2)cc1OC. The average molecular weight is 446 g/mol. The Balaban J connectivity index is 1.54. The van der Waals surface area contributed by atoms with Gasteiger partial charge in [0.05, 0.1) is 32.7 Å². The molecule has 3 aromatic heterocycles. The summed E-state index contributed by atoms with van der Waals surface area (Å²) in [6, 6.07) is 19.3. The summed E-state index contributed by atoms with van der Waals surface area (Å²) in [5.74, 6) is 1.37. The molecule has 5 rings (SSSR count). The summed E-state index contributed by atoms with van der Waals surface area (Å²) in [4.78, 5) is 4.84. The predicted molar refractivity (Wildman–Crippen MR) is 123 cm³/mol. The van der Waals surface area contributed by atoms with Gasteiger partial charge in [-0.25, -0.2) is 9.67 Å². The van der Waals surface area contributed by atoms with E-state index in [1.807, 2.05) is 77.5 Å². The van der Waals surface area contributed by atoms with Gasteiger partial charge in [-0.2, -0.15) is 0 Å². The van der Waals surface area contributed by atoms with E-state index < -0.39 is 0 Å². The molecule has 0 aliphatic heterocycles. The second-order valence-electron chi connectivity index (χ2n) is 7.24. The third-order valence-corrected chi connectivity index (χ3v) is 5.47. The van der Waals surface area contributed by atoms with Crippen LogP contribution in [0, 0.1) is 0 Å². The highest BCUT2D eigenvalue weighted by Crippen LogP contribution is 2.32. The number of pyridine rings is 1. The maximum absolute atomic E-state index is 6.09. The Kier molecular flexibility index (Phi) is 5.25. The number of hydrogen-bond acceptors (Lipinski definition) is 5. The van der Waals surface area contributed by atoms with Crippen LogP contribution in [0.1, 0.15) is 5.56 Å². The van der Waals surface area contributed by atoms with E-state index in [9.17, 15) is 0 Å². The summed E-state index contributed by atoms with van der Waals surface area (Å²) in [5, 5.41) is 9.49. The Labute approximate surface area is 189 Å². The Morgan fingerprint density at radius 3 is 2.53 bits per heavy atom. The Morgan fingerprint density at radius 1 is 0.938 bits per heavy atom. The molecule has 0 atom stereocenters. The van der Waals surface area contributed by atoms with E-state index in [2.05, 4.69) is 10.3 Å². The second-order valence-corrected chi connectivity index (χ2v) is 7.67. The van der Waals surface area contributed by atoms with Gasteiger partial charge in [-0.05, 0) is 42.0 Å². The third kappa shape index (κ3) is 3.67. The topological polar surface area (TPSA) is 66.5 Å². The van der Waals surface area contributed by atoms with E-state index >= 15 is 0 Å². The van der Waals surface area contributed by atoms with Gasteiger partial charge >= 0.3 is 0 Å². The van der Waals surface area contributed by atoms with Crippen LogP contribution in [0.25, 0.3) is 28.3 Å². The molecule has 0 spiro atoms. The van der Waals surface area contributed by atoms with Gasteiger partial charge in [-0.15, -0.1) is 5.10 Å². The fourth-order valence-corrected chi connectivity index (χ4v) is 3.83. The molecule has 3 heterocycles. The van der Waals surface area contributed by atoms with Crippen molar-refractivity contribution in [2.75, 3.05) is 14.2 Å². The number of hydrogen-bond donors (Lipinski definition) is 0. The number of rotatable bonds is 6. The molecule has 32 heavy (non-hydrogen) atoms. The van der Waals surface area contributed by atoms with Gasteiger partial charge in [0.25, 0.3) is 0 Å². The first-order valence-electron chi connectivity index (χ1n) is 10.0. The molecule has 0 fully saturated rings. The van der Waals surface area contributed by atoms with Crippen molar-refractivity contribution in [1.82, 2.24) is 24.4 Å². The predicted octanol–water partition coefficient (Wildman–Crippen LogP) is 4.98. The first-order valence-corrected chi connectivity index (χ1v) is 10.4. The zero-order valence-electron chi connectivity index (χ0n) is 17.6. The number of fused-ring (bicyclic) bond motifs is 1. The zero-order valence-corrected chi connectivity index (χ0v) is 18.3. The molecule has 0 radical (unpaired) electrons. The van der Waals surface area contributed by atoms with Gasteiger partial charge in [0.1, 0.15) is 17.0 Å². The fourth-order valence-electron chi connectivity index (χ4n) is 3.70. The van der Waals surface area contributed by atoms with E-state index in [1.54, 1.807) is 18.9 Å². The number of methoxy groups -OCH3 is 2. The first kappa shape index (κ1) is 20.1. The first-order chi connectivity index (χ1) is 15.7. The van der Waals surface area contributed by atoms with Crippen LogP contribution in [-0.2, 0) is 6.54 Å². The normalized spacial score (nSPS) is 11.1. The maximum atomic E-state index is 6.09. The molecule has 0 aliphatic carbocycles. The van der Waals surface area contributed by atoms with Crippen LogP contribution in [0.15, 0.2) is 73.1 Å². The highest BCUT2D eigenvalue weighted by atomic mass is 35.5. The van der Waals surface area contributed by atoms with Gasteiger partial charge in [-0.1, -0.05) is 41.1 Å². The smallest absolute Gasteiger partial charge is 0.161 e.